The van der Waals surface area contributed by atoms with Gasteiger partial charge in [-0.25, -0.2) is 4.79 Å². The Morgan fingerprint density at radius 2 is 1.71 bits per heavy atom. The van der Waals surface area contributed by atoms with Gasteiger partial charge in [-0.05, 0) is 26.7 Å². The first kappa shape index (κ1) is 14.3. The molecule has 0 aliphatic carbocycles. The lowest BCUT2D eigenvalue weighted by atomic mass is 10.2. The maximum atomic E-state index is 11.9. The normalized spacial score (nSPS) is 21.1. The van der Waals surface area contributed by atoms with Gasteiger partial charge in [-0.15, -0.1) is 0 Å². The second-order valence-corrected chi connectivity index (χ2v) is 5.04. The maximum Gasteiger partial charge on any atom is 0.317 e. The summed E-state index contributed by atoms with van der Waals surface area (Å²) in [4.78, 5) is 16.3. The largest absolute Gasteiger partial charge is 0.336 e. The van der Waals surface area contributed by atoms with Crippen LogP contribution in [0.4, 0.5) is 4.79 Å². The third-order valence-electron chi connectivity index (χ3n) is 3.80. The van der Waals surface area contributed by atoms with Gasteiger partial charge in [0, 0.05) is 38.3 Å². The molecule has 0 saturated carbocycles. The molecule has 1 aliphatic heterocycles. The van der Waals surface area contributed by atoms with Crippen LogP contribution in [-0.2, 0) is 0 Å². The number of nitrogens with zero attached hydrogens (tertiary/aromatic N) is 2. The highest BCUT2D eigenvalue weighted by Gasteiger charge is 2.23. The molecular formula is C13H27N3O. The molecule has 0 aromatic rings. The van der Waals surface area contributed by atoms with Crippen molar-refractivity contribution in [3.05, 3.63) is 0 Å². The van der Waals surface area contributed by atoms with E-state index in [0.29, 0.717) is 6.04 Å². The summed E-state index contributed by atoms with van der Waals surface area (Å²) in [6, 6.07) is 1.01. The zero-order valence-corrected chi connectivity index (χ0v) is 11.7. The first-order valence-corrected chi connectivity index (χ1v) is 6.87. The van der Waals surface area contributed by atoms with E-state index in [1.54, 1.807) is 0 Å². The van der Waals surface area contributed by atoms with Gasteiger partial charge in [0.2, 0.25) is 0 Å². The molecule has 4 heteroatoms. The number of nitrogens with one attached hydrogen (secondary N) is 1. The fourth-order valence-electron chi connectivity index (χ4n) is 2.03. The van der Waals surface area contributed by atoms with Crippen molar-refractivity contribution in [1.82, 2.24) is 15.1 Å². The summed E-state index contributed by atoms with van der Waals surface area (Å²) in [6.07, 6.45) is 2.16. The topological polar surface area (TPSA) is 35.6 Å². The molecular weight excluding hydrogens is 214 g/mol. The highest BCUT2D eigenvalue weighted by atomic mass is 16.2. The molecule has 0 aromatic heterocycles. The second kappa shape index (κ2) is 6.84. The van der Waals surface area contributed by atoms with Crippen LogP contribution in [-0.4, -0.2) is 54.1 Å². The van der Waals surface area contributed by atoms with Crippen molar-refractivity contribution in [2.45, 2.75) is 52.6 Å². The summed E-state index contributed by atoms with van der Waals surface area (Å²) in [6.45, 7) is 12.3. The first-order chi connectivity index (χ1) is 8.08. The Morgan fingerprint density at radius 3 is 2.18 bits per heavy atom. The van der Waals surface area contributed by atoms with Crippen molar-refractivity contribution in [2.75, 3.05) is 26.2 Å². The van der Waals surface area contributed by atoms with E-state index in [0.717, 1.165) is 32.6 Å². The molecule has 1 heterocycles. The number of amides is 2. The number of hydrogen-bond donors (Lipinski definition) is 1. The SMILES string of the molecule is CCC(C)NC(=O)N1CCN(C(C)CC)CC1. The molecule has 2 atom stereocenters. The van der Waals surface area contributed by atoms with E-state index in [-0.39, 0.29) is 12.1 Å². The number of urea groups is 1. The average molecular weight is 241 g/mol. The lowest BCUT2D eigenvalue weighted by Gasteiger charge is -2.38. The quantitative estimate of drug-likeness (QED) is 0.816. The molecule has 2 amide bonds. The lowest BCUT2D eigenvalue weighted by molar-refractivity contribution is 0.111. The third kappa shape index (κ3) is 4.19. The molecule has 17 heavy (non-hydrogen) atoms. The molecule has 0 radical (unpaired) electrons. The van der Waals surface area contributed by atoms with E-state index in [9.17, 15) is 4.79 Å². The first-order valence-electron chi connectivity index (χ1n) is 6.87. The van der Waals surface area contributed by atoms with E-state index in [2.05, 4.69) is 31.0 Å². The number of carbonyl (C=O) groups excluding carboxylic acids is 1. The van der Waals surface area contributed by atoms with Gasteiger partial charge in [-0.1, -0.05) is 13.8 Å². The monoisotopic (exact) mass is 241 g/mol. The van der Waals surface area contributed by atoms with Gasteiger partial charge in [-0.2, -0.15) is 0 Å². The molecule has 0 aromatic carbocycles. The molecule has 1 fully saturated rings. The predicted molar refractivity (Wildman–Crippen MR) is 71.2 cm³/mol. The lowest BCUT2D eigenvalue weighted by Crippen LogP contribution is -2.54. The summed E-state index contributed by atoms with van der Waals surface area (Å²) in [7, 11) is 0. The maximum absolute atomic E-state index is 11.9. The predicted octanol–water partition coefficient (Wildman–Crippen LogP) is 1.91. The van der Waals surface area contributed by atoms with Crippen LogP contribution >= 0.6 is 0 Å². The Kier molecular flexibility index (Phi) is 5.75. The molecule has 1 aliphatic rings. The second-order valence-electron chi connectivity index (χ2n) is 5.04. The highest BCUT2D eigenvalue weighted by molar-refractivity contribution is 5.74. The fourth-order valence-corrected chi connectivity index (χ4v) is 2.03. The fraction of sp³-hybridized carbons (Fsp3) is 0.923. The Bertz CT molecular complexity index is 237. The number of rotatable bonds is 4. The van der Waals surface area contributed by atoms with E-state index in [1.165, 1.54) is 6.42 Å². The number of carbonyl (C=O) groups is 1. The van der Waals surface area contributed by atoms with Crippen molar-refractivity contribution >= 4 is 6.03 Å². The third-order valence-corrected chi connectivity index (χ3v) is 3.80. The van der Waals surface area contributed by atoms with Crippen LogP contribution in [0.3, 0.4) is 0 Å². The Hall–Kier alpha value is -0.770. The molecule has 1 rings (SSSR count). The zero-order chi connectivity index (χ0) is 12.8. The zero-order valence-electron chi connectivity index (χ0n) is 11.7. The molecule has 0 spiro atoms. The van der Waals surface area contributed by atoms with Crippen molar-refractivity contribution in [3.63, 3.8) is 0 Å². The van der Waals surface area contributed by atoms with Crippen LogP contribution in [0.25, 0.3) is 0 Å². The van der Waals surface area contributed by atoms with Crippen LogP contribution < -0.4 is 5.32 Å². The highest BCUT2D eigenvalue weighted by Crippen LogP contribution is 2.08. The van der Waals surface area contributed by atoms with Crippen molar-refractivity contribution in [1.29, 1.82) is 0 Å². The minimum atomic E-state index is 0.100. The molecule has 1 saturated heterocycles. The Balaban J connectivity index is 2.33. The summed E-state index contributed by atoms with van der Waals surface area (Å²) in [5, 5.41) is 3.03. The van der Waals surface area contributed by atoms with Crippen LogP contribution in [0.2, 0.25) is 0 Å². The van der Waals surface area contributed by atoms with Crippen molar-refractivity contribution < 1.29 is 4.79 Å². The van der Waals surface area contributed by atoms with Gasteiger partial charge in [0.25, 0.3) is 0 Å². The van der Waals surface area contributed by atoms with Gasteiger partial charge in [0.15, 0.2) is 0 Å². The smallest absolute Gasteiger partial charge is 0.317 e. The minimum absolute atomic E-state index is 0.100. The molecule has 100 valence electrons. The van der Waals surface area contributed by atoms with Gasteiger partial charge in [0.1, 0.15) is 0 Å². The van der Waals surface area contributed by atoms with Crippen LogP contribution in [0, 0.1) is 0 Å². The number of piperazine rings is 1. The van der Waals surface area contributed by atoms with Gasteiger partial charge < -0.3 is 10.2 Å². The molecule has 2 unspecified atom stereocenters. The Morgan fingerprint density at radius 1 is 1.12 bits per heavy atom. The van der Waals surface area contributed by atoms with Crippen molar-refractivity contribution in [2.24, 2.45) is 0 Å². The standard InChI is InChI=1S/C13H27N3O/c1-5-11(3)14-13(17)16-9-7-15(8-10-16)12(4)6-2/h11-12H,5-10H2,1-4H3,(H,14,17). The van der Waals surface area contributed by atoms with Gasteiger partial charge in [0.05, 0.1) is 0 Å². The van der Waals surface area contributed by atoms with Crippen molar-refractivity contribution in [3.8, 4) is 0 Å². The van der Waals surface area contributed by atoms with E-state index in [4.69, 9.17) is 0 Å². The summed E-state index contributed by atoms with van der Waals surface area (Å²) in [5.41, 5.74) is 0. The van der Waals surface area contributed by atoms with Crippen LogP contribution in [0.15, 0.2) is 0 Å². The summed E-state index contributed by atoms with van der Waals surface area (Å²) >= 11 is 0. The van der Waals surface area contributed by atoms with Crippen LogP contribution in [0.5, 0.6) is 0 Å². The van der Waals surface area contributed by atoms with E-state index >= 15 is 0 Å². The molecule has 1 N–H and O–H groups in total. The summed E-state index contributed by atoms with van der Waals surface area (Å²) in [5.74, 6) is 0. The Labute approximate surface area is 105 Å². The molecule has 0 bridgehead atoms. The van der Waals surface area contributed by atoms with E-state index in [1.807, 2.05) is 11.8 Å². The van der Waals surface area contributed by atoms with E-state index < -0.39 is 0 Å². The molecule has 4 nitrogen and oxygen atoms in total. The van der Waals surface area contributed by atoms with Crippen LogP contribution in [0.1, 0.15) is 40.5 Å². The minimum Gasteiger partial charge on any atom is -0.336 e. The van der Waals surface area contributed by atoms with Gasteiger partial charge >= 0.3 is 6.03 Å². The number of hydrogen-bond acceptors (Lipinski definition) is 2. The van der Waals surface area contributed by atoms with Gasteiger partial charge in [-0.3, -0.25) is 4.90 Å². The summed E-state index contributed by atoms with van der Waals surface area (Å²) < 4.78 is 0. The average Bonchev–Trinajstić information content (AvgIpc) is 2.37.